The Morgan fingerprint density at radius 1 is 1.04 bits per heavy atom. The van der Waals surface area contributed by atoms with Gasteiger partial charge in [0.05, 0.1) is 30.5 Å². The number of carbonyl (C=O) groups is 2. The van der Waals surface area contributed by atoms with E-state index in [0.29, 0.717) is 38.5 Å². The first-order valence-electron chi connectivity index (χ1n) is 9.62. The largest absolute Gasteiger partial charge is 0.490 e. The van der Waals surface area contributed by atoms with Crippen molar-refractivity contribution in [3.8, 4) is 11.5 Å². The second-order valence-electron chi connectivity index (χ2n) is 6.72. The highest BCUT2D eigenvalue weighted by Gasteiger charge is 2.30. The summed E-state index contributed by atoms with van der Waals surface area (Å²) in [4.78, 5) is 27.8. The summed E-state index contributed by atoms with van der Waals surface area (Å²) in [5.41, 5.74) is 1.52. The van der Waals surface area contributed by atoms with Crippen LogP contribution in [0.2, 0.25) is 0 Å². The normalized spacial score (nSPS) is 16.4. The Morgan fingerprint density at radius 3 is 2.36 bits per heavy atom. The Morgan fingerprint density at radius 2 is 1.68 bits per heavy atom. The molecule has 0 fully saturated rings. The van der Waals surface area contributed by atoms with Crippen molar-refractivity contribution in [2.24, 2.45) is 5.92 Å². The fourth-order valence-electron chi connectivity index (χ4n) is 3.37. The minimum absolute atomic E-state index is 0.0199. The molecule has 6 nitrogen and oxygen atoms in total. The van der Waals surface area contributed by atoms with Gasteiger partial charge in [0.2, 0.25) is 12.3 Å². The van der Waals surface area contributed by atoms with Crippen LogP contribution in [0.3, 0.4) is 0 Å². The average molecular weight is 382 g/mol. The highest BCUT2D eigenvalue weighted by molar-refractivity contribution is 6.02. The zero-order chi connectivity index (χ0) is 19.9. The number of fused-ring (bicyclic) bond motifs is 1. The number of hydrogen-bond donors (Lipinski definition) is 0. The van der Waals surface area contributed by atoms with E-state index >= 15 is 0 Å². The van der Waals surface area contributed by atoms with Crippen LogP contribution >= 0.6 is 0 Å². The zero-order valence-corrected chi connectivity index (χ0v) is 16.3. The highest BCUT2D eigenvalue weighted by Crippen LogP contribution is 2.33. The van der Waals surface area contributed by atoms with Gasteiger partial charge in [-0.25, -0.2) is 0 Å². The van der Waals surface area contributed by atoms with E-state index in [4.69, 9.17) is 9.47 Å². The lowest BCUT2D eigenvalue weighted by atomic mass is 10.1. The van der Waals surface area contributed by atoms with Crippen LogP contribution < -0.4 is 19.3 Å². The maximum absolute atomic E-state index is 12.9. The van der Waals surface area contributed by atoms with Gasteiger partial charge in [-0.1, -0.05) is 31.2 Å². The topological polar surface area (TPSA) is 59.1 Å². The predicted octanol–water partition coefficient (Wildman–Crippen LogP) is 3.50. The average Bonchev–Trinajstić information content (AvgIpc) is 2.82. The number of ether oxygens (including phenoxy) is 2. The number of hydrogen-bond acceptors (Lipinski definition) is 4. The fraction of sp³-hybridized carbons (Fsp3) is 0.364. The maximum atomic E-state index is 12.9. The van der Waals surface area contributed by atoms with Crippen molar-refractivity contribution < 1.29 is 19.1 Å². The Hall–Kier alpha value is -3.02. The molecule has 1 heterocycles. The molecule has 0 radical (unpaired) electrons. The number of carbonyl (C=O) groups excluding carboxylic acids is 2. The lowest BCUT2D eigenvalue weighted by Gasteiger charge is -2.24. The molecule has 0 aliphatic carbocycles. The van der Waals surface area contributed by atoms with Gasteiger partial charge in [0.1, 0.15) is 0 Å². The molecule has 28 heavy (non-hydrogen) atoms. The molecule has 0 aromatic heterocycles. The second-order valence-corrected chi connectivity index (χ2v) is 6.72. The van der Waals surface area contributed by atoms with E-state index in [1.165, 1.54) is 0 Å². The summed E-state index contributed by atoms with van der Waals surface area (Å²) in [7, 11) is 0. The van der Waals surface area contributed by atoms with Crippen LogP contribution in [0.15, 0.2) is 48.5 Å². The van der Waals surface area contributed by atoms with Crippen molar-refractivity contribution in [3.05, 3.63) is 48.5 Å². The maximum Gasteiger partial charge on any atom is 0.231 e. The van der Waals surface area contributed by atoms with Crippen LogP contribution in [-0.2, 0) is 9.59 Å². The third-order valence-electron chi connectivity index (χ3n) is 4.70. The summed E-state index contributed by atoms with van der Waals surface area (Å²) in [6.45, 7) is 5.72. The highest BCUT2D eigenvalue weighted by atomic mass is 16.5. The second kappa shape index (κ2) is 9.26. The lowest BCUT2D eigenvalue weighted by molar-refractivity contribution is -0.121. The number of rotatable bonds is 8. The van der Waals surface area contributed by atoms with E-state index in [2.05, 4.69) is 0 Å². The molecule has 2 aromatic carbocycles. The van der Waals surface area contributed by atoms with Crippen LogP contribution in [0.5, 0.6) is 11.5 Å². The fourth-order valence-corrected chi connectivity index (χ4v) is 3.37. The van der Waals surface area contributed by atoms with Gasteiger partial charge >= 0.3 is 0 Å². The van der Waals surface area contributed by atoms with E-state index in [1.54, 1.807) is 9.80 Å². The van der Waals surface area contributed by atoms with Gasteiger partial charge in [0.25, 0.3) is 0 Å². The van der Waals surface area contributed by atoms with Crippen molar-refractivity contribution in [3.63, 3.8) is 0 Å². The third-order valence-corrected chi connectivity index (χ3v) is 4.70. The first-order chi connectivity index (χ1) is 13.7. The number of para-hydroxylation sites is 4. The molecule has 6 heteroatoms. The molecule has 1 atom stereocenters. The van der Waals surface area contributed by atoms with Crippen molar-refractivity contribution in [2.75, 3.05) is 36.1 Å². The summed E-state index contributed by atoms with van der Waals surface area (Å²) >= 11 is 0. The van der Waals surface area contributed by atoms with Gasteiger partial charge in [-0.05, 0) is 37.6 Å². The molecule has 1 aliphatic heterocycles. The number of benzene rings is 2. The van der Waals surface area contributed by atoms with Crippen molar-refractivity contribution in [1.82, 2.24) is 0 Å². The van der Waals surface area contributed by atoms with Gasteiger partial charge in [-0.3, -0.25) is 9.59 Å². The number of anilines is 2. The summed E-state index contributed by atoms with van der Waals surface area (Å²) < 4.78 is 11.4. The summed E-state index contributed by atoms with van der Waals surface area (Å²) in [6, 6.07) is 15.1. The van der Waals surface area contributed by atoms with Crippen LogP contribution in [0, 0.1) is 5.92 Å². The molecule has 3 rings (SSSR count). The summed E-state index contributed by atoms with van der Waals surface area (Å²) in [5, 5.41) is 0. The van der Waals surface area contributed by atoms with Crippen molar-refractivity contribution >= 4 is 23.7 Å². The summed E-state index contributed by atoms with van der Waals surface area (Å²) in [6.07, 6.45) is 1.45. The minimum atomic E-state index is -0.266. The number of amides is 2. The van der Waals surface area contributed by atoms with Gasteiger partial charge in [0, 0.05) is 13.1 Å². The molecule has 0 saturated carbocycles. The van der Waals surface area contributed by atoms with Crippen molar-refractivity contribution in [2.45, 2.75) is 20.3 Å². The molecule has 1 aliphatic rings. The van der Waals surface area contributed by atoms with E-state index in [0.717, 1.165) is 23.5 Å². The SMILES string of the molecule is CCOc1ccccc1OCCCN1C(=O)C(C)CN(C=O)c2ccccc21. The molecule has 2 aromatic rings. The molecule has 0 spiro atoms. The predicted molar refractivity (Wildman–Crippen MR) is 109 cm³/mol. The Balaban J connectivity index is 1.69. The number of nitrogens with zero attached hydrogens (tertiary/aromatic N) is 2. The molecule has 2 amide bonds. The van der Waals surface area contributed by atoms with Crippen LogP contribution in [0.4, 0.5) is 11.4 Å². The van der Waals surface area contributed by atoms with Crippen LogP contribution in [0.1, 0.15) is 20.3 Å². The molecule has 0 N–H and O–H groups in total. The Kier molecular flexibility index (Phi) is 6.53. The van der Waals surface area contributed by atoms with Crippen molar-refractivity contribution in [1.29, 1.82) is 0 Å². The Bertz CT molecular complexity index is 824. The van der Waals surface area contributed by atoms with E-state index < -0.39 is 0 Å². The molecule has 0 bridgehead atoms. The van der Waals surface area contributed by atoms with E-state index in [9.17, 15) is 9.59 Å². The standard InChI is InChI=1S/C22H26N2O4/c1-3-27-20-11-6-7-12-21(20)28-14-8-13-24-19-10-5-4-9-18(19)23(16-25)15-17(2)22(24)26/h4-7,9-12,16-17H,3,8,13-15H2,1-2H3. The van der Waals surface area contributed by atoms with Crippen LogP contribution in [-0.4, -0.2) is 38.6 Å². The van der Waals surface area contributed by atoms with Gasteiger partial charge in [-0.2, -0.15) is 0 Å². The molecular formula is C22H26N2O4. The van der Waals surface area contributed by atoms with Gasteiger partial charge < -0.3 is 19.3 Å². The first kappa shape index (κ1) is 19.7. The monoisotopic (exact) mass is 382 g/mol. The Labute approximate surface area is 165 Å². The molecule has 0 saturated heterocycles. The minimum Gasteiger partial charge on any atom is -0.490 e. The third kappa shape index (κ3) is 4.27. The van der Waals surface area contributed by atoms with Crippen LogP contribution in [0.25, 0.3) is 0 Å². The quantitative estimate of drug-likeness (QED) is 0.518. The molecule has 148 valence electrons. The molecular weight excluding hydrogens is 356 g/mol. The first-order valence-corrected chi connectivity index (χ1v) is 9.62. The van der Waals surface area contributed by atoms with E-state index in [-0.39, 0.29) is 11.8 Å². The van der Waals surface area contributed by atoms with E-state index in [1.807, 2.05) is 62.4 Å². The summed E-state index contributed by atoms with van der Waals surface area (Å²) in [5.74, 6) is 1.17. The smallest absolute Gasteiger partial charge is 0.231 e. The lowest BCUT2D eigenvalue weighted by Crippen LogP contribution is -2.37. The zero-order valence-electron chi connectivity index (χ0n) is 16.3. The molecule has 1 unspecified atom stereocenters. The van der Waals surface area contributed by atoms with Gasteiger partial charge in [-0.15, -0.1) is 0 Å². The van der Waals surface area contributed by atoms with Gasteiger partial charge in [0.15, 0.2) is 11.5 Å².